The summed E-state index contributed by atoms with van der Waals surface area (Å²) in [4.78, 5) is 11.1. The second-order valence-electron chi connectivity index (χ2n) is 4.23. The molecular formula is C11H14N2O3S. The standard InChI is InChI=1S/C11H14N2O3S/c1-8-2-4-10(5-3-8)17(15,16)13-6-9(7-13)11(12)14/h2-5,9H,6-7H2,1H3,(H2,12,14). The van der Waals surface area contributed by atoms with Gasteiger partial charge in [-0.2, -0.15) is 4.31 Å². The molecule has 1 fully saturated rings. The number of amides is 1. The van der Waals surface area contributed by atoms with Crippen LogP contribution in [0.25, 0.3) is 0 Å². The Morgan fingerprint density at radius 1 is 1.29 bits per heavy atom. The first-order chi connectivity index (χ1) is 7.91. The summed E-state index contributed by atoms with van der Waals surface area (Å²) in [6.45, 7) is 2.26. The van der Waals surface area contributed by atoms with Gasteiger partial charge in [0.25, 0.3) is 0 Å². The molecule has 6 heteroatoms. The fourth-order valence-corrected chi connectivity index (χ4v) is 3.20. The highest BCUT2D eigenvalue weighted by atomic mass is 32.2. The van der Waals surface area contributed by atoms with Gasteiger partial charge in [0, 0.05) is 13.1 Å². The molecule has 1 amide bonds. The van der Waals surface area contributed by atoms with Crippen LogP contribution >= 0.6 is 0 Å². The zero-order valence-corrected chi connectivity index (χ0v) is 10.3. The molecule has 2 rings (SSSR count). The molecule has 0 radical (unpaired) electrons. The second kappa shape index (κ2) is 4.12. The van der Waals surface area contributed by atoms with Crippen molar-refractivity contribution in [3.8, 4) is 0 Å². The van der Waals surface area contributed by atoms with Crippen molar-refractivity contribution in [1.82, 2.24) is 4.31 Å². The predicted molar refractivity (Wildman–Crippen MR) is 62.6 cm³/mol. The zero-order chi connectivity index (χ0) is 12.6. The molecule has 0 saturated carbocycles. The molecule has 1 aliphatic rings. The molecule has 2 N–H and O–H groups in total. The van der Waals surface area contributed by atoms with Gasteiger partial charge < -0.3 is 5.73 Å². The van der Waals surface area contributed by atoms with Crippen LogP contribution in [-0.4, -0.2) is 31.7 Å². The maximum atomic E-state index is 12.1. The first-order valence-electron chi connectivity index (χ1n) is 5.27. The van der Waals surface area contributed by atoms with Crippen molar-refractivity contribution in [2.45, 2.75) is 11.8 Å². The number of aryl methyl sites for hydroxylation is 1. The number of benzene rings is 1. The second-order valence-corrected chi connectivity index (χ2v) is 6.17. The van der Waals surface area contributed by atoms with Crippen LogP contribution in [0, 0.1) is 12.8 Å². The van der Waals surface area contributed by atoms with Gasteiger partial charge in [-0.05, 0) is 19.1 Å². The van der Waals surface area contributed by atoms with E-state index < -0.39 is 15.9 Å². The van der Waals surface area contributed by atoms with E-state index in [1.165, 1.54) is 4.31 Å². The summed E-state index contributed by atoms with van der Waals surface area (Å²) in [5, 5.41) is 0. The quantitative estimate of drug-likeness (QED) is 0.830. The van der Waals surface area contributed by atoms with E-state index in [0.29, 0.717) is 0 Å². The zero-order valence-electron chi connectivity index (χ0n) is 9.46. The number of primary amides is 1. The number of nitrogens with two attached hydrogens (primary N) is 1. The molecule has 92 valence electrons. The van der Waals surface area contributed by atoms with Gasteiger partial charge >= 0.3 is 0 Å². The minimum Gasteiger partial charge on any atom is -0.369 e. The van der Waals surface area contributed by atoms with E-state index in [2.05, 4.69) is 0 Å². The fourth-order valence-electron chi connectivity index (χ4n) is 1.67. The lowest BCUT2D eigenvalue weighted by Crippen LogP contribution is -2.54. The highest BCUT2D eigenvalue weighted by molar-refractivity contribution is 7.89. The smallest absolute Gasteiger partial charge is 0.243 e. The van der Waals surface area contributed by atoms with E-state index in [9.17, 15) is 13.2 Å². The maximum Gasteiger partial charge on any atom is 0.243 e. The molecule has 0 aromatic heterocycles. The summed E-state index contributed by atoms with van der Waals surface area (Å²) in [7, 11) is -3.46. The first kappa shape index (κ1) is 12.1. The van der Waals surface area contributed by atoms with Crippen LogP contribution in [0.3, 0.4) is 0 Å². The number of hydrogen-bond donors (Lipinski definition) is 1. The number of sulfonamides is 1. The molecule has 5 nitrogen and oxygen atoms in total. The number of carbonyl (C=O) groups is 1. The van der Waals surface area contributed by atoms with Crippen LogP contribution in [0.15, 0.2) is 29.2 Å². The van der Waals surface area contributed by atoms with Crippen molar-refractivity contribution in [3.63, 3.8) is 0 Å². The number of rotatable bonds is 3. The highest BCUT2D eigenvalue weighted by Crippen LogP contribution is 2.24. The molecule has 0 bridgehead atoms. The van der Waals surface area contributed by atoms with Gasteiger partial charge in [0.05, 0.1) is 10.8 Å². The lowest BCUT2D eigenvalue weighted by Gasteiger charge is -2.35. The van der Waals surface area contributed by atoms with Crippen LogP contribution in [0.4, 0.5) is 0 Å². The summed E-state index contributed by atoms with van der Waals surface area (Å²) in [6, 6.07) is 6.64. The minimum atomic E-state index is -3.46. The molecule has 17 heavy (non-hydrogen) atoms. The van der Waals surface area contributed by atoms with Gasteiger partial charge in [-0.3, -0.25) is 4.79 Å². The van der Waals surface area contributed by atoms with Crippen LogP contribution in [0.2, 0.25) is 0 Å². The lowest BCUT2D eigenvalue weighted by atomic mass is 10.0. The Bertz CT molecular complexity index is 530. The summed E-state index contributed by atoms with van der Waals surface area (Å²) >= 11 is 0. The van der Waals surface area contributed by atoms with Gasteiger partial charge in [-0.25, -0.2) is 8.42 Å². The largest absolute Gasteiger partial charge is 0.369 e. The molecule has 1 aromatic carbocycles. The van der Waals surface area contributed by atoms with Crippen molar-refractivity contribution in [3.05, 3.63) is 29.8 Å². The van der Waals surface area contributed by atoms with Crippen molar-refractivity contribution < 1.29 is 13.2 Å². The van der Waals surface area contributed by atoms with E-state index >= 15 is 0 Å². The van der Waals surface area contributed by atoms with Crippen molar-refractivity contribution in [2.24, 2.45) is 11.7 Å². The Labute approximate surface area is 100 Å². The monoisotopic (exact) mass is 254 g/mol. The van der Waals surface area contributed by atoms with Gasteiger partial charge in [-0.1, -0.05) is 17.7 Å². The molecule has 0 aliphatic carbocycles. The summed E-state index contributed by atoms with van der Waals surface area (Å²) in [6.07, 6.45) is 0. The fraction of sp³-hybridized carbons (Fsp3) is 0.364. The Kier molecular flexibility index (Phi) is 2.92. The Morgan fingerprint density at radius 3 is 2.29 bits per heavy atom. The van der Waals surface area contributed by atoms with Gasteiger partial charge in [-0.15, -0.1) is 0 Å². The molecule has 0 unspecified atom stereocenters. The average molecular weight is 254 g/mol. The summed E-state index contributed by atoms with van der Waals surface area (Å²) in [5.41, 5.74) is 6.10. The van der Waals surface area contributed by atoms with Crippen LogP contribution < -0.4 is 5.73 Å². The number of nitrogens with zero attached hydrogens (tertiary/aromatic N) is 1. The van der Waals surface area contributed by atoms with Crippen LogP contribution in [0.1, 0.15) is 5.56 Å². The van der Waals surface area contributed by atoms with Crippen molar-refractivity contribution >= 4 is 15.9 Å². The Balaban J connectivity index is 2.16. The molecule has 1 heterocycles. The third-order valence-corrected chi connectivity index (χ3v) is 4.76. The predicted octanol–water partition coefficient (Wildman–Crippen LogP) is 0.101. The summed E-state index contributed by atoms with van der Waals surface area (Å²) in [5.74, 6) is -0.796. The van der Waals surface area contributed by atoms with Gasteiger partial charge in [0.15, 0.2) is 0 Å². The minimum absolute atomic E-state index is 0.186. The molecular weight excluding hydrogens is 240 g/mol. The lowest BCUT2D eigenvalue weighted by molar-refractivity contribution is -0.124. The molecule has 1 aromatic rings. The van der Waals surface area contributed by atoms with Gasteiger partial charge in [0.1, 0.15) is 0 Å². The molecule has 0 atom stereocenters. The SMILES string of the molecule is Cc1ccc(S(=O)(=O)N2CC(C(N)=O)C2)cc1. The molecule has 1 saturated heterocycles. The average Bonchev–Trinajstić information content (AvgIpc) is 2.14. The van der Waals surface area contributed by atoms with Crippen molar-refractivity contribution in [2.75, 3.05) is 13.1 Å². The van der Waals surface area contributed by atoms with E-state index in [1.807, 2.05) is 6.92 Å². The molecule has 1 aliphatic heterocycles. The third kappa shape index (κ3) is 2.18. The van der Waals surface area contributed by atoms with E-state index in [1.54, 1.807) is 24.3 Å². The summed E-state index contributed by atoms with van der Waals surface area (Å²) < 4.78 is 25.4. The van der Waals surface area contributed by atoms with Crippen LogP contribution in [-0.2, 0) is 14.8 Å². The third-order valence-electron chi connectivity index (χ3n) is 2.91. The van der Waals surface area contributed by atoms with E-state index in [-0.39, 0.29) is 23.9 Å². The first-order valence-corrected chi connectivity index (χ1v) is 6.71. The Morgan fingerprint density at radius 2 is 1.82 bits per heavy atom. The number of carbonyl (C=O) groups excluding carboxylic acids is 1. The topological polar surface area (TPSA) is 80.5 Å². The van der Waals surface area contributed by atoms with Gasteiger partial charge in [0.2, 0.25) is 15.9 Å². The normalized spacial score (nSPS) is 17.7. The highest BCUT2D eigenvalue weighted by Gasteiger charge is 2.39. The Hall–Kier alpha value is -1.40. The van der Waals surface area contributed by atoms with Crippen molar-refractivity contribution in [1.29, 1.82) is 0 Å². The maximum absolute atomic E-state index is 12.1. The van der Waals surface area contributed by atoms with E-state index in [0.717, 1.165) is 5.56 Å². The molecule has 0 spiro atoms. The van der Waals surface area contributed by atoms with E-state index in [4.69, 9.17) is 5.73 Å². The van der Waals surface area contributed by atoms with Crippen LogP contribution in [0.5, 0.6) is 0 Å². The number of hydrogen-bond acceptors (Lipinski definition) is 3.